The van der Waals surface area contributed by atoms with Crippen LogP contribution in [0.2, 0.25) is 5.02 Å². The fourth-order valence-corrected chi connectivity index (χ4v) is 1.92. The predicted octanol–water partition coefficient (Wildman–Crippen LogP) is 4.79. The lowest BCUT2D eigenvalue weighted by Gasteiger charge is -2.10. The van der Waals surface area contributed by atoms with Crippen molar-refractivity contribution in [2.24, 2.45) is 0 Å². The zero-order valence-electron chi connectivity index (χ0n) is 9.63. The number of halogens is 1. The summed E-state index contributed by atoms with van der Waals surface area (Å²) in [5.74, 6) is 0. The molecular weight excluding hydrogens is 218 g/mol. The lowest BCUT2D eigenvalue weighted by Crippen LogP contribution is -1.87. The van der Waals surface area contributed by atoms with Gasteiger partial charge in [0.15, 0.2) is 0 Å². The Morgan fingerprint density at radius 2 is 1.44 bits per heavy atom. The Bertz CT molecular complexity index is 478. The van der Waals surface area contributed by atoms with Gasteiger partial charge in [-0.2, -0.15) is 0 Å². The van der Waals surface area contributed by atoms with Crippen LogP contribution in [-0.4, -0.2) is 0 Å². The summed E-state index contributed by atoms with van der Waals surface area (Å²) in [5, 5.41) is 0.840. The van der Waals surface area contributed by atoms with E-state index in [2.05, 4.69) is 44.2 Å². The van der Waals surface area contributed by atoms with Crippen molar-refractivity contribution in [1.29, 1.82) is 0 Å². The Balaban J connectivity index is 0.00000128. The maximum absolute atomic E-state index is 6.07. The fourth-order valence-electron chi connectivity index (χ4n) is 1.72. The minimum absolute atomic E-state index is 0. The number of benzene rings is 2. The Morgan fingerprint density at radius 3 is 2.06 bits per heavy atom. The zero-order chi connectivity index (χ0) is 10.8. The van der Waals surface area contributed by atoms with Crippen molar-refractivity contribution < 1.29 is 0 Å². The smallest absolute Gasteiger partial charge is 0.0438 e. The molecule has 0 aliphatic rings. The third-order valence-corrected chi connectivity index (χ3v) is 3.22. The van der Waals surface area contributed by atoms with Crippen molar-refractivity contribution in [3.05, 3.63) is 58.6 Å². The van der Waals surface area contributed by atoms with Crippen molar-refractivity contribution >= 4 is 11.6 Å². The molecule has 0 atom stereocenters. The van der Waals surface area contributed by atoms with E-state index >= 15 is 0 Å². The van der Waals surface area contributed by atoms with E-state index in [0.717, 1.165) is 10.6 Å². The van der Waals surface area contributed by atoms with Crippen LogP contribution in [0.25, 0.3) is 11.1 Å². The van der Waals surface area contributed by atoms with Crippen LogP contribution in [0, 0.1) is 13.8 Å². The second-order valence-corrected chi connectivity index (χ2v) is 4.12. The molecule has 0 aliphatic carbocycles. The van der Waals surface area contributed by atoms with Crippen molar-refractivity contribution in [2.75, 3.05) is 0 Å². The molecule has 2 aromatic rings. The summed E-state index contributed by atoms with van der Waals surface area (Å²) in [5.41, 5.74) is 4.93. The Labute approximate surface area is 102 Å². The molecule has 0 amide bonds. The van der Waals surface area contributed by atoms with E-state index in [4.69, 9.17) is 11.6 Å². The number of hydrogen-bond acceptors (Lipinski definition) is 1. The minimum Gasteiger partial charge on any atom is -0.344 e. The average molecular weight is 234 g/mol. The second kappa shape index (κ2) is 5.15. The van der Waals surface area contributed by atoms with E-state index in [1.54, 1.807) is 0 Å². The van der Waals surface area contributed by atoms with Crippen LogP contribution in [-0.2, 0) is 0 Å². The van der Waals surface area contributed by atoms with Crippen LogP contribution in [0.4, 0.5) is 0 Å². The van der Waals surface area contributed by atoms with Gasteiger partial charge in [-0.15, -0.1) is 0 Å². The van der Waals surface area contributed by atoms with Crippen LogP contribution in [0.5, 0.6) is 0 Å². The van der Waals surface area contributed by atoms with Gasteiger partial charge in [-0.3, -0.25) is 0 Å². The second-order valence-electron chi connectivity index (χ2n) is 3.71. The summed E-state index contributed by atoms with van der Waals surface area (Å²) < 4.78 is 0. The summed E-state index contributed by atoms with van der Waals surface area (Å²) in [6, 6.07) is 14.4. The highest BCUT2D eigenvalue weighted by Crippen LogP contribution is 2.29. The third kappa shape index (κ3) is 2.26. The Kier molecular flexibility index (Phi) is 4.11. The molecule has 0 fully saturated rings. The minimum atomic E-state index is 0. The number of rotatable bonds is 1. The van der Waals surface area contributed by atoms with Gasteiger partial charge in [-0.1, -0.05) is 48.0 Å². The molecule has 0 aliphatic heterocycles. The maximum Gasteiger partial charge on any atom is 0.0438 e. The molecule has 3 N–H and O–H groups in total. The van der Waals surface area contributed by atoms with Gasteiger partial charge in [0.2, 0.25) is 0 Å². The van der Waals surface area contributed by atoms with Gasteiger partial charge in [0.1, 0.15) is 0 Å². The lowest BCUT2D eigenvalue weighted by atomic mass is 9.97. The number of hydrogen-bond donors (Lipinski definition) is 1. The normalized spacial score (nSPS) is 9.69. The van der Waals surface area contributed by atoms with Gasteiger partial charge in [0, 0.05) is 5.02 Å². The maximum atomic E-state index is 6.07. The first-order valence-electron chi connectivity index (χ1n) is 5.01. The standard InChI is InChI=1S/C14H13Cl.H3N/c1-10-11(2)14(15)9-8-13(10)12-6-4-3-5-7-12;/h3-9H,1-2H3;1H3. The van der Waals surface area contributed by atoms with Gasteiger partial charge in [-0.05, 0) is 42.2 Å². The van der Waals surface area contributed by atoms with Gasteiger partial charge in [0.25, 0.3) is 0 Å². The van der Waals surface area contributed by atoms with Gasteiger partial charge in [0.05, 0.1) is 0 Å². The largest absolute Gasteiger partial charge is 0.344 e. The van der Waals surface area contributed by atoms with Crippen molar-refractivity contribution in [2.45, 2.75) is 13.8 Å². The molecule has 0 heterocycles. The van der Waals surface area contributed by atoms with Crippen LogP contribution in [0.15, 0.2) is 42.5 Å². The molecule has 2 heteroatoms. The molecule has 84 valence electrons. The highest BCUT2D eigenvalue weighted by molar-refractivity contribution is 6.31. The lowest BCUT2D eigenvalue weighted by molar-refractivity contribution is 1.34. The van der Waals surface area contributed by atoms with Crippen molar-refractivity contribution in [1.82, 2.24) is 6.15 Å². The Morgan fingerprint density at radius 1 is 0.812 bits per heavy atom. The monoisotopic (exact) mass is 233 g/mol. The van der Waals surface area contributed by atoms with Crippen LogP contribution in [0.1, 0.15) is 11.1 Å². The molecule has 0 saturated carbocycles. The molecule has 2 rings (SSSR count). The first-order valence-corrected chi connectivity index (χ1v) is 5.39. The average Bonchev–Trinajstić information content (AvgIpc) is 2.27. The van der Waals surface area contributed by atoms with E-state index in [9.17, 15) is 0 Å². The van der Waals surface area contributed by atoms with E-state index in [1.165, 1.54) is 16.7 Å². The van der Waals surface area contributed by atoms with Gasteiger partial charge < -0.3 is 6.15 Å². The summed E-state index contributed by atoms with van der Waals surface area (Å²) >= 11 is 6.07. The molecule has 16 heavy (non-hydrogen) atoms. The fraction of sp³-hybridized carbons (Fsp3) is 0.143. The van der Waals surface area contributed by atoms with Gasteiger partial charge >= 0.3 is 0 Å². The molecule has 1 nitrogen and oxygen atoms in total. The van der Waals surface area contributed by atoms with Crippen LogP contribution < -0.4 is 6.15 Å². The highest BCUT2D eigenvalue weighted by Gasteiger charge is 2.05. The quantitative estimate of drug-likeness (QED) is 0.756. The highest BCUT2D eigenvalue weighted by atomic mass is 35.5. The summed E-state index contributed by atoms with van der Waals surface area (Å²) in [4.78, 5) is 0. The molecule has 0 aromatic heterocycles. The van der Waals surface area contributed by atoms with Crippen molar-refractivity contribution in [3.63, 3.8) is 0 Å². The third-order valence-electron chi connectivity index (χ3n) is 2.81. The molecule has 0 saturated heterocycles. The SMILES string of the molecule is Cc1c(Cl)ccc(-c2ccccc2)c1C.N. The van der Waals surface area contributed by atoms with Crippen LogP contribution in [0.3, 0.4) is 0 Å². The Hall–Kier alpha value is -1.31. The molecule has 0 bridgehead atoms. The molecule has 0 spiro atoms. The molecule has 0 unspecified atom stereocenters. The molecule has 0 radical (unpaired) electrons. The summed E-state index contributed by atoms with van der Waals surface area (Å²) in [6.07, 6.45) is 0. The van der Waals surface area contributed by atoms with E-state index in [1.807, 2.05) is 12.1 Å². The first-order chi connectivity index (χ1) is 7.20. The summed E-state index contributed by atoms with van der Waals surface area (Å²) in [7, 11) is 0. The van der Waals surface area contributed by atoms with Crippen molar-refractivity contribution in [3.8, 4) is 11.1 Å². The van der Waals surface area contributed by atoms with Gasteiger partial charge in [-0.25, -0.2) is 0 Å². The van der Waals surface area contributed by atoms with E-state index < -0.39 is 0 Å². The van der Waals surface area contributed by atoms with E-state index in [0.29, 0.717) is 0 Å². The van der Waals surface area contributed by atoms with E-state index in [-0.39, 0.29) is 6.15 Å². The molecular formula is C14H16ClN. The zero-order valence-corrected chi connectivity index (χ0v) is 10.4. The summed E-state index contributed by atoms with van der Waals surface area (Å²) in [6.45, 7) is 4.17. The predicted molar refractivity (Wildman–Crippen MR) is 71.4 cm³/mol. The van der Waals surface area contributed by atoms with Crippen LogP contribution >= 0.6 is 11.6 Å². The molecule has 2 aromatic carbocycles. The first kappa shape index (κ1) is 12.8. The topological polar surface area (TPSA) is 35.0 Å².